The Morgan fingerprint density at radius 1 is 1.31 bits per heavy atom. The molecule has 7 heteroatoms. The smallest absolute Gasteiger partial charge is 0.257 e. The lowest BCUT2D eigenvalue weighted by atomic mass is 9.70. The summed E-state index contributed by atoms with van der Waals surface area (Å²) < 4.78 is 5.90. The maximum absolute atomic E-state index is 13.1. The van der Waals surface area contributed by atoms with E-state index in [0.717, 1.165) is 24.3 Å². The molecule has 2 unspecified atom stereocenters. The number of fused-ring (bicyclic) bond motifs is 1. The van der Waals surface area contributed by atoms with Gasteiger partial charge in [-0.15, -0.1) is 0 Å². The molecule has 0 saturated carbocycles. The SMILES string of the molecule is CCC(C)Sc1nc2c(c(=O)[nH]1)C(c1ccc(C)o1)C1=C(CC(C)(C)CC1=O)N2. The summed E-state index contributed by atoms with van der Waals surface area (Å²) in [6, 6.07) is 3.72. The number of aryl methyl sites for hydroxylation is 1. The number of thioether (sulfide) groups is 1. The zero-order chi connectivity index (χ0) is 20.9. The van der Waals surface area contributed by atoms with Crippen LogP contribution in [-0.4, -0.2) is 21.0 Å². The van der Waals surface area contributed by atoms with Crippen molar-refractivity contribution in [3.8, 4) is 0 Å². The zero-order valence-electron chi connectivity index (χ0n) is 17.5. The number of rotatable bonds is 4. The number of carbonyl (C=O) groups is 1. The summed E-state index contributed by atoms with van der Waals surface area (Å²) in [4.78, 5) is 33.9. The maximum atomic E-state index is 13.1. The minimum Gasteiger partial charge on any atom is -0.465 e. The molecule has 1 aliphatic carbocycles. The number of Topliss-reactive ketones (excluding diaryl/α,β-unsaturated/α-hetero) is 1. The van der Waals surface area contributed by atoms with Gasteiger partial charge in [-0.1, -0.05) is 39.5 Å². The summed E-state index contributed by atoms with van der Waals surface area (Å²) in [7, 11) is 0. The molecule has 2 atom stereocenters. The van der Waals surface area contributed by atoms with E-state index in [4.69, 9.17) is 9.40 Å². The highest BCUT2D eigenvalue weighted by molar-refractivity contribution is 7.99. The van der Waals surface area contributed by atoms with E-state index in [2.05, 4.69) is 38.0 Å². The lowest BCUT2D eigenvalue weighted by Crippen LogP contribution is -2.36. The minimum atomic E-state index is -0.530. The van der Waals surface area contributed by atoms with E-state index < -0.39 is 5.92 Å². The summed E-state index contributed by atoms with van der Waals surface area (Å²) in [6.07, 6.45) is 2.16. The maximum Gasteiger partial charge on any atom is 0.257 e. The number of nitrogens with zero attached hydrogens (tertiary/aromatic N) is 1. The van der Waals surface area contributed by atoms with Gasteiger partial charge in [0, 0.05) is 22.9 Å². The molecule has 0 amide bonds. The van der Waals surface area contributed by atoms with Crippen molar-refractivity contribution in [1.82, 2.24) is 9.97 Å². The highest BCUT2D eigenvalue weighted by Crippen LogP contribution is 2.48. The first kappa shape index (κ1) is 20.0. The van der Waals surface area contributed by atoms with Crippen LogP contribution >= 0.6 is 11.8 Å². The summed E-state index contributed by atoms with van der Waals surface area (Å²) in [5.41, 5.74) is 1.59. The Kier molecular flexibility index (Phi) is 4.97. The van der Waals surface area contributed by atoms with E-state index >= 15 is 0 Å². The van der Waals surface area contributed by atoms with Crippen LogP contribution in [0.1, 0.15) is 70.0 Å². The molecule has 0 bridgehead atoms. The standard InChI is InChI=1S/C22H27N3O3S/c1-6-12(3)29-21-24-19-18(20(27)25-21)17(15-8-7-11(2)28-15)16-13(23-19)9-22(4,5)10-14(16)26/h7-8,12,17H,6,9-10H2,1-5H3,(H2,23,24,25,27). The number of nitrogens with one attached hydrogen (secondary N) is 2. The van der Waals surface area contributed by atoms with Gasteiger partial charge in [0.2, 0.25) is 0 Å². The second kappa shape index (κ2) is 7.20. The number of aromatic amines is 1. The molecule has 2 aromatic rings. The molecule has 1 aliphatic heterocycles. The third kappa shape index (κ3) is 3.68. The molecule has 0 radical (unpaired) electrons. The molecule has 0 spiro atoms. The molecular formula is C22H27N3O3S. The number of aromatic nitrogens is 2. The zero-order valence-corrected chi connectivity index (χ0v) is 18.3. The van der Waals surface area contributed by atoms with Crippen molar-refractivity contribution in [1.29, 1.82) is 0 Å². The molecule has 29 heavy (non-hydrogen) atoms. The van der Waals surface area contributed by atoms with E-state index in [1.807, 2.05) is 19.1 Å². The van der Waals surface area contributed by atoms with E-state index in [-0.39, 0.29) is 16.8 Å². The molecule has 2 aliphatic rings. The molecule has 6 nitrogen and oxygen atoms in total. The summed E-state index contributed by atoms with van der Waals surface area (Å²) in [5, 5.41) is 4.27. The van der Waals surface area contributed by atoms with Crippen LogP contribution in [0, 0.1) is 12.3 Å². The van der Waals surface area contributed by atoms with Gasteiger partial charge in [-0.05, 0) is 37.3 Å². The van der Waals surface area contributed by atoms with Gasteiger partial charge in [0.15, 0.2) is 10.9 Å². The predicted molar refractivity (Wildman–Crippen MR) is 114 cm³/mol. The van der Waals surface area contributed by atoms with Crippen LogP contribution in [0.3, 0.4) is 0 Å². The van der Waals surface area contributed by atoms with Crippen LogP contribution < -0.4 is 10.9 Å². The lowest BCUT2D eigenvalue weighted by Gasteiger charge is -2.37. The first-order valence-corrected chi connectivity index (χ1v) is 11.0. The molecule has 154 valence electrons. The quantitative estimate of drug-likeness (QED) is 0.555. The van der Waals surface area contributed by atoms with E-state index in [9.17, 15) is 9.59 Å². The molecule has 0 saturated heterocycles. The number of hydrogen-bond acceptors (Lipinski definition) is 6. The Hall–Kier alpha value is -2.28. The van der Waals surface area contributed by atoms with Crippen LogP contribution in [0.15, 0.2) is 37.8 Å². The number of anilines is 1. The van der Waals surface area contributed by atoms with Crippen LogP contribution in [-0.2, 0) is 4.79 Å². The molecule has 2 N–H and O–H groups in total. The van der Waals surface area contributed by atoms with Gasteiger partial charge < -0.3 is 14.7 Å². The van der Waals surface area contributed by atoms with Crippen LogP contribution in [0.4, 0.5) is 5.82 Å². The van der Waals surface area contributed by atoms with Crippen LogP contribution in [0.5, 0.6) is 0 Å². The average Bonchev–Trinajstić information content (AvgIpc) is 3.04. The van der Waals surface area contributed by atoms with Crippen molar-refractivity contribution in [3.63, 3.8) is 0 Å². The number of H-pyrrole nitrogens is 1. The fraction of sp³-hybridized carbons (Fsp3) is 0.500. The Bertz CT molecular complexity index is 1060. The highest BCUT2D eigenvalue weighted by Gasteiger charge is 2.43. The van der Waals surface area contributed by atoms with Crippen molar-refractivity contribution in [2.24, 2.45) is 5.41 Å². The number of allylic oxidation sites excluding steroid dienone is 2. The van der Waals surface area contributed by atoms with Gasteiger partial charge in [-0.3, -0.25) is 9.59 Å². The van der Waals surface area contributed by atoms with E-state index in [1.165, 1.54) is 0 Å². The van der Waals surface area contributed by atoms with Crippen LogP contribution in [0.2, 0.25) is 0 Å². The monoisotopic (exact) mass is 413 g/mol. The fourth-order valence-corrected chi connectivity index (χ4v) is 4.96. The summed E-state index contributed by atoms with van der Waals surface area (Å²) in [5.74, 6) is 1.42. The van der Waals surface area contributed by atoms with Gasteiger partial charge in [0.05, 0.1) is 11.5 Å². The lowest BCUT2D eigenvalue weighted by molar-refractivity contribution is -0.118. The molecule has 3 heterocycles. The predicted octanol–water partition coefficient (Wildman–Crippen LogP) is 4.76. The van der Waals surface area contributed by atoms with Crippen molar-refractivity contribution in [2.75, 3.05) is 5.32 Å². The Labute approximate surface area is 174 Å². The number of carbonyl (C=O) groups excluding carboxylic acids is 1. The van der Waals surface area contributed by atoms with Gasteiger partial charge in [0.1, 0.15) is 17.3 Å². The molecule has 4 rings (SSSR count). The average molecular weight is 414 g/mol. The van der Waals surface area contributed by atoms with Crippen LogP contribution in [0.25, 0.3) is 0 Å². The van der Waals surface area contributed by atoms with Crippen molar-refractivity contribution in [2.45, 2.75) is 70.2 Å². The topological polar surface area (TPSA) is 88.0 Å². The Balaban J connectivity index is 1.89. The van der Waals surface area contributed by atoms with Crippen molar-refractivity contribution >= 4 is 23.4 Å². The van der Waals surface area contributed by atoms with Crippen molar-refractivity contribution < 1.29 is 9.21 Å². The number of ketones is 1. The molecule has 0 aromatic carbocycles. The van der Waals surface area contributed by atoms with E-state index in [1.54, 1.807) is 11.8 Å². The van der Waals surface area contributed by atoms with Crippen molar-refractivity contribution in [3.05, 3.63) is 50.8 Å². The second-order valence-corrected chi connectivity index (χ2v) is 10.2. The van der Waals surface area contributed by atoms with E-state index in [0.29, 0.717) is 39.5 Å². The van der Waals surface area contributed by atoms with Gasteiger partial charge >= 0.3 is 0 Å². The summed E-state index contributed by atoms with van der Waals surface area (Å²) in [6.45, 7) is 10.3. The third-order valence-corrected chi connectivity index (χ3v) is 6.79. The number of hydrogen-bond donors (Lipinski definition) is 2. The largest absolute Gasteiger partial charge is 0.465 e. The van der Waals surface area contributed by atoms with Gasteiger partial charge in [0.25, 0.3) is 5.56 Å². The van der Waals surface area contributed by atoms with Gasteiger partial charge in [-0.25, -0.2) is 4.98 Å². The number of furan rings is 1. The third-order valence-electron chi connectivity index (χ3n) is 5.63. The Morgan fingerprint density at radius 3 is 2.72 bits per heavy atom. The molecule has 0 fully saturated rings. The molecular weight excluding hydrogens is 386 g/mol. The second-order valence-electron chi connectivity index (χ2n) is 8.81. The summed E-state index contributed by atoms with van der Waals surface area (Å²) >= 11 is 1.55. The fourth-order valence-electron chi connectivity index (χ4n) is 4.12. The highest BCUT2D eigenvalue weighted by atomic mass is 32.2. The molecule has 2 aromatic heterocycles. The normalized spacial score (nSPS) is 21.4. The first-order valence-electron chi connectivity index (χ1n) is 10.1. The minimum absolute atomic E-state index is 0.0610. The first-order chi connectivity index (χ1) is 13.7. The Morgan fingerprint density at radius 2 is 2.07 bits per heavy atom. The van der Waals surface area contributed by atoms with Gasteiger partial charge in [-0.2, -0.15) is 0 Å².